The molecule has 164 valence electrons. The Kier molecular flexibility index (Phi) is 5.71. The molecule has 12 heteroatoms. The quantitative estimate of drug-likeness (QED) is 0.522. The monoisotopic (exact) mass is 475 g/mol. The predicted octanol–water partition coefficient (Wildman–Crippen LogP) is 5.27. The number of amides is 1. The molecule has 3 heterocycles. The number of anilines is 2. The summed E-state index contributed by atoms with van der Waals surface area (Å²) >= 11 is 2.51. The maximum atomic E-state index is 13.8. The summed E-state index contributed by atoms with van der Waals surface area (Å²) in [4.78, 5) is 18.4. The number of ether oxygens (including phenoxy) is 1. The molecule has 0 radical (unpaired) electrons. The first-order valence-corrected chi connectivity index (χ1v) is 10.6. The number of carbonyl (C=O) groups is 1. The van der Waals surface area contributed by atoms with Crippen LogP contribution in [0.5, 0.6) is 0 Å². The molecule has 2 aromatic heterocycles. The lowest BCUT2D eigenvalue weighted by Crippen LogP contribution is -2.26. The summed E-state index contributed by atoms with van der Waals surface area (Å²) in [6.07, 6.45) is -5.06. The van der Waals surface area contributed by atoms with E-state index in [0.717, 1.165) is 27.5 Å². The van der Waals surface area contributed by atoms with Crippen LogP contribution >= 0.6 is 22.7 Å². The van der Waals surface area contributed by atoms with Crippen LogP contribution in [0.15, 0.2) is 22.9 Å². The first kappa shape index (κ1) is 21.7. The van der Waals surface area contributed by atoms with E-state index >= 15 is 0 Å². The standard InChI is InChI=1S/C19H14F5N3O2S2/c1-27-8-29-5-11-10(6-30-17(11)27)4-15(28)26-18-25-14(7-31-18)9-2-12(20)16(13(21)3-9)19(22,23)24/h2-3,6-7H,4-5,8H2,1H3,(H,25,26,28). The second kappa shape index (κ2) is 8.17. The van der Waals surface area contributed by atoms with Gasteiger partial charge in [0.05, 0.1) is 23.7 Å². The van der Waals surface area contributed by atoms with E-state index in [9.17, 15) is 26.7 Å². The van der Waals surface area contributed by atoms with E-state index < -0.39 is 23.4 Å². The van der Waals surface area contributed by atoms with Crippen molar-refractivity contribution in [2.45, 2.75) is 19.2 Å². The lowest BCUT2D eigenvalue weighted by Gasteiger charge is -2.24. The van der Waals surface area contributed by atoms with E-state index in [0.29, 0.717) is 25.5 Å². The van der Waals surface area contributed by atoms with Gasteiger partial charge in [0, 0.05) is 23.6 Å². The Morgan fingerprint density at radius 1 is 1.23 bits per heavy atom. The molecule has 5 nitrogen and oxygen atoms in total. The Morgan fingerprint density at radius 2 is 1.94 bits per heavy atom. The smallest absolute Gasteiger partial charge is 0.356 e. The summed E-state index contributed by atoms with van der Waals surface area (Å²) in [5.74, 6) is -3.80. The van der Waals surface area contributed by atoms with Crippen LogP contribution in [0.4, 0.5) is 32.1 Å². The lowest BCUT2D eigenvalue weighted by atomic mass is 10.1. The van der Waals surface area contributed by atoms with Crippen LogP contribution in [0.1, 0.15) is 16.7 Å². The minimum absolute atomic E-state index is 0.0507. The zero-order valence-corrected chi connectivity index (χ0v) is 17.5. The molecule has 4 rings (SSSR count). The summed E-state index contributed by atoms with van der Waals surface area (Å²) in [5, 5.41) is 7.09. The number of benzene rings is 1. The summed E-state index contributed by atoms with van der Waals surface area (Å²) < 4.78 is 71.3. The van der Waals surface area contributed by atoms with Gasteiger partial charge in [0.25, 0.3) is 0 Å². The number of thiophene rings is 1. The van der Waals surface area contributed by atoms with E-state index in [2.05, 4.69) is 10.3 Å². The second-order valence-corrected chi connectivity index (χ2v) is 8.51. The van der Waals surface area contributed by atoms with Gasteiger partial charge in [-0.3, -0.25) is 4.79 Å². The molecule has 1 N–H and O–H groups in total. The number of alkyl halides is 3. The van der Waals surface area contributed by atoms with E-state index in [1.807, 2.05) is 17.3 Å². The molecule has 0 saturated carbocycles. The van der Waals surface area contributed by atoms with Crippen LogP contribution in [0.25, 0.3) is 11.3 Å². The molecule has 0 bridgehead atoms. The number of hydrogen-bond acceptors (Lipinski definition) is 6. The SMILES string of the molecule is CN1COCc2c(CC(=O)Nc3nc(-c4cc(F)c(C(F)(F)F)c(F)c4)cs3)csc21. The third-order valence-corrected chi connectivity index (χ3v) is 6.50. The molecule has 1 amide bonds. The molecule has 1 aromatic carbocycles. The van der Waals surface area contributed by atoms with E-state index in [4.69, 9.17) is 4.74 Å². The van der Waals surface area contributed by atoms with Crippen molar-refractivity contribution >= 4 is 38.7 Å². The number of carbonyl (C=O) groups excluding carboxylic acids is 1. The normalized spacial score (nSPS) is 13.9. The van der Waals surface area contributed by atoms with Crippen molar-refractivity contribution in [2.24, 2.45) is 0 Å². The molecule has 0 fully saturated rings. The first-order valence-electron chi connectivity index (χ1n) is 8.83. The zero-order chi connectivity index (χ0) is 22.3. The van der Waals surface area contributed by atoms with Gasteiger partial charge in [-0.25, -0.2) is 13.8 Å². The lowest BCUT2D eigenvalue weighted by molar-refractivity contribution is -0.142. The molecule has 1 aliphatic heterocycles. The largest absolute Gasteiger partial charge is 0.422 e. The minimum Gasteiger partial charge on any atom is -0.356 e. The first-order chi connectivity index (χ1) is 14.6. The van der Waals surface area contributed by atoms with Gasteiger partial charge in [0.1, 0.15) is 23.9 Å². The van der Waals surface area contributed by atoms with Gasteiger partial charge < -0.3 is 15.0 Å². The fraction of sp³-hybridized carbons (Fsp3) is 0.263. The van der Waals surface area contributed by atoms with Crippen LogP contribution in [0, 0.1) is 11.6 Å². The molecular formula is C19H14F5N3O2S2. The fourth-order valence-electron chi connectivity index (χ4n) is 3.16. The van der Waals surface area contributed by atoms with Crippen LogP contribution < -0.4 is 10.2 Å². The van der Waals surface area contributed by atoms with Gasteiger partial charge in [0.15, 0.2) is 5.13 Å². The van der Waals surface area contributed by atoms with Crippen molar-refractivity contribution in [3.05, 3.63) is 51.2 Å². The number of rotatable bonds is 4. The highest BCUT2D eigenvalue weighted by molar-refractivity contribution is 7.14. The van der Waals surface area contributed by atoms with Crippen LogP contribution in [-0.4, -0.2) is 24.7 Å². The van der Waals surface area contributed by atoms with Crippen molar-refractivity contribution in [3.8, 4) is 11.3 Å². The van der Waals surface area contributed by atoms with Crippen LogP contribution in [0.2, 0.25) is 0 Å². The molecule has 0 atom stereocenters. The fourth-order valence-corrected chi connectivity index (χ4v) is 4.95. The van der Waals surface area contributed by atoms with Gasteiger partial charge >= 0.3 is 6.18 Å². The van der Waals surface area contributed by atoms with Crippen molar-refractivity contribution in [1.82, 2.24) is 4.98 Å². The molecular weight excluding hydrogens is 461 g/mol. The molecule has 0 unspecified atom stereocenters. The number of nitrogens with one attached hydrogen (secondary N) is 1. The van der Waals surface area contributed by atoms with Crippen LogP contribution in [-0.2, 0) is 28.7 Å². The highest BCUT2D eigenvalue weighted by Crippen LogP contribution is 2.37. The minimum atomic E-state index is -5.14. The highest BCUT2D eigenvalue weighted by Gasteiger charge is 2.38. The summed E-state index contributed by atoms with van der Waals surface area (Å²) in [6.45, 7) is 0.893. The predicted molar refractivity (Wildman–Crippen MR) is 107 cm³/mol. The highest BCUT2D eigenvalue weighted by atomic mass is 32.1. The van der Waals surface area contributed by atoms with Gasteiger partial charge in [-0.05, 0) is 23.1 Å². The van der Waals surface area contributed by atoms with Gasteiger partial charge in [0.2, 0.25) is 5.91 Å². The molecule has 1 aliphatic rings. The average molecular weight is 475 g/mol. The zero-order valence-electron chi connectivity index (χ0n) is 15.8. The summed E-state index contributed by atoms with van der Waals surface area (Å²) in [7, 11) is 1.89. The third kappa shape index (κ3) is 4.41. The van der Waals surface area contributed by atoms with E-state index in [1.165, 1.54) is 16.7 Å². The summed E-state index contributed by atoms with van der Waals surface area (Å²) in [6, 6.07) is 1.14. The Hall–Kier alpha value is -2.57. The number of aromatic nitrogens is 1. The van der Waals surface area contributed by atoms with Gasteiger partial charge in [-0.2, -0.15) is 13.2 Å². The molecule has 31 heavy (non-hydrogen) atoms. The number of halogens is 5. The van der Waals surface area contributed by atoms with E-state index in [1.54, 1.807) is 0 Å². The Labute approximate surface area is 181 Å². The van der Waals surface area contributed by atoms with Gasteiger partial charge in [-0.15, -0.1) is 22.7 Å². The Bertz CT molecular complexity index is 1120. The van der Waals surface area contributed by atoms with Crippen molar-refractivity contribution in [2.75, 3.05) is 24.0 Å². The molecule has 0 aliphatic carbocycles. The van der Waals surface area contributed by atoms with Crippen molar-refractivity contribution in [3.63, 3.8) is 0 Å². The number of nitrogens with zero attached hydrogens (tertiary/aromatic N) is 2. The van der Waals surface area contributed by atoms with Gasteiger partial charge in [-0.1, -0.05) is 0 Å². The number of fused-ring (bicyclic) bond motifs is 1. The molecule has 0 spiro atoms. The molecule has 0 saturated heterocycles. The summed E-state index contributed by atoms with van der Waals surface area (Å²) in [5.41, 5.74) is -0.285. The second-order valence-electron chi connectivity index (χ2n) is 6.80. The Morgan fingerprint density at radius 3 is 2.61 bits per heavy atom. The average Bonchev–Trinajstić information content (AvgIpc) is 3.28. The van der Waals surface area contributed by atoms with Crippen LogP contribution in [0.3, 0.4) is 0 Å². The third-order valence-electron chi connectivity index (χ3n) is 4.56. The van der Waals surface area contributed by atoms with E-state index in [-0.39, 0.29) is 28.7 Å². The van der Waals surface area contributed by atoms with Crippen molar-refractivity contribution in [1.29, 1.82) is 0 Å². The number of hydrogen-bond donors (Lipinski definition) is 1. The van der Waals surface area contributed by atoms with Crippen molar-refractivity contribution < 1.29 is 31.5 Å². The maximum Gasteiger partial charge on any atom is 0.422 e. The molecule has 3 aromatic rings. The number of thiazole rings is 1. The maximum absolute atomic E-state index is 13.8. The topological polar surface area (TPSA) is 54.5 Å². The Balaban J connectivity index is 1.48.